The van der Waals surface area contributed by atoms with E-state index in [-0.39, 0.29) is 11.3 Å². The van der Waals surface area contributed by atoms with Crippen molar-refractivity contribution in [3.63, 3.8) is 0 Å². The lowest BCUT2D eigenvalue weighted by atomic mass is 10.2. The zero-order valence-corrected chi connectivity index (χ0v) is 10.3. The number of nitrogens with zero attached hydrogens (tertiary/aromatic N) is 2. The average molecular weight is 251 g/mol. The lowest BCUT2D eigenvalue weighted by Crippen LogP contribution is -2.26. The van der Waals surface area contributed by atoms with E-state index in [4.69, 9.17) is 15.6 Å². The first-order valence-electron chi connectivity index (χ1n) is 5.90. The van der Waals surface area contributed by atoms with Crippen molar-refractivity contribution in [3.05, 3.63) is 17.8 Å². The molecule has 18 heavy (non-hydrogen) atoms. The summed E-state index contributed by atoms with van der Waals surface area (Å²) in [7, 11) is 2.06. The van der Waals surface area contributed by atoms with E-state index in [2.05, 4.69) is 16.9 Å². The van der Waals surface area contributed by atoms with Crippen LogP contribution in [-0.4, -0.2) is 47.2 Å². The molecule has 0 saturated heterocycles. The SMILES string of the molecule is CN(CCOc1cc(C(=O)O)c(N)cn1)C1CC1. The molecular weight excluding hydrogens is 234 g/mol. The number of carboxylic acids is 1. The molecule has 6 nitrogen and oxygen atoms in total. The van der Waals surface area contributed by atoms with Gasteiger partial charge in [0.15, 0.2) is 0 Å². The summed E-state index contributed by atoms with van der Waals surface area (Å²) in [5.41, 5.74) is 5.68. The van der Waals surface area contributed by atoms with Crippen molar-refractivity contribution >= 4 is 11.7 Å². The Labute approximate surface area is 105 Å². The third-order valence-corrected chi connectivity index (χ3v) is 3.00. The summed E-state index contributed by atoms with van der Waals surface area (Å²) in [6.07, 6.45) is 3.81. The molecule has 0 aromatic carbocycles. The number of hydrogen-bond donors (Lipinski definition) is 2. The Morgan fingerprint density at radius 1 is 1.67 bits per heavy atom. The minimum Gasteiger partial charge on any atom is -0.478 e. The molecule has 0 unspecified atom stereocenters. The molecule has 3 N–H and O–H groups in total. The summed E-state index contributed by atoms with van der Waals surface area (Å²) in [6, 6.07) is 2.04. The lowest BCUT2D eigenvalue weighted by Gasteiger charge is -2.15. The zero-order chi connectivity index (χ0) is 13.1. The number of ether oxygens (including phenoxy) is 1. The van der Waals surface area contributed by atoms with Gasteiger partial charge in [0.2, 0.25) is 5.88 Å². The minimum absolute atomic E-state index is 0.0237. The fourth-order valence-corrected chi connectivity index (χ4v) is 1.70. The molecule has 0 spiro atoms. The van der Waals surface area contributed by atoms with Gasteiger partial charge in [-0.15, -0.1) is 0 Å². The summed E-state index contributed by atoms with van der Waals surface area (Å²) in [5, 5.41) is 8.91. The van der Waals surface area contributed by atoms with Crippen molar-refractivity contribution < 1.29 is 14.6 Å². The summed E-state index contributed by atoms with van der Waals surface area (Å²) < 4.78 is 5.43. The Kier molecular flexibility index (Phi) is 3.66. The van der Waals surface area contributed by atoms with Crippen molar-refractivity contribution in [1.82, 2.24) is 9.88 Å². The number of aromatic carboxylic acids is 1. The Morgan fingerprint density at radius 3 is 3.00 bits per heavy atom. The van der Waals surface area contributed by atoms with Crippen LogP contribution in [0.3, 0.4) is 0 Å². The van der Waals surface area contributed by atoms with Crippen molar-refractivity contribution in [2.24, 2.45) is 0 Å². The molecule has 6 heteroatoms. The maximum Gasteiger partial charge on any atom is 0.338 e. The maximum absolute atomic E-state index is 10.9. The normalized spacial score (nSPS) is 14.8. The highest BCUT2D eigenvalue weighted by molar-refractivity contribution is 5.93. The molecular formula is C12H17N3O3. The number of rotatable bonds is 6. The molecule has 0 radical (unpaired) electrons. The van der Waals surface area contributed by atoms with Crippen LogP contribution in [0, 0.1) is 0 Å². The molecule has 1 aliphatic carbocycles. The molecule has 1 aliphatic rings. The van der Waals surface area contributed by atoms with Gasteiger partial charge in [0.25, 0.3) is 0 Å². The van der Waals surface area contributed by atoms with E-state index in [0.29, 0.717) is 18.5 Å². The molecule has 0 aliphatic heterocycles. The molecule has 1 heterocycles. The third-order valence-electron chi connectivity index (χ3n) is 3.00. The third kappa shape index (κ3) is 3.10. The van der Waals surface area contributed by atoms with Crippen LogP contribution >= 0.6 is 0 Å². The van der Waals surface area contributed by atoms with E-state index >= 15 is 0 Å². The lowest BCUT2D eigenvalue weighted by molar-refractivity contribution is 0.0697. The molecule has 0 atom stereocenters. The first-order valence-corrected chi connectivity index (χ1v) is 5.90. The van der Waals surface area contributed by atoms with Crippen LogP contribution in [0.25, 0.3) is 0 Å². The minimum atomic E-state index is -1.07. The number of carbonyl (C=O) groups is 1. The number of nitrogens with two attached hydrogens (primary N) is 1. The van der Waals surface area contributed by atoms with Crippen molar-refractivity contribution in [2.45, 2.75) is 18.9 Å². The van der Waals surface area contributed by atoms with Crippen LogP contribution in [-0.2, 0) is 0 Å². The number of anilines is 1. The van der Waals surface area contributed by atoms with E-state index < -0.39 is 5.97 Å². The fourth-order valence-electron chi connectivity index (χ4n) is 1.70. The molecule has 1 saturated carbocycles. The van der Waals surface area contributed by atoms with Gasteiger partial charge >= 0.3 is 5.97 Å². The summed E-state index contributed by atoms with van der Waals surface area (Å²) >= 11 is 0. The van der Waals surface area contributed by atoms with Gasteiger partial charge in [-0.3, -0.25) is 0 Å². The quantitative estimate of drug-likeness (QED) is 0.778. The Morgan fingerprint density at radius 2 is 2.39 bits per heavy atom. The van der Waals surface area contributed by atoms with E-state index in [0.717, 1.165) is 6.54 Å². The van der Waals surface area contributed by atoms with Crippen LogP contribution in [0.4, 0.5) is 5.69 Å². The highest BCUT2D eigenvalue weighted by atomic mass is 16.5. The number of hydrogen-bond acceptors (Lipinski definition) is 5. The van der Waals surface area contributed by atoms with Crippen LogP contribution in [0.2, 0.25) is 0 Å². The Balaban J connectivity index is 1.88. The number of nitrogen functional groups attached to an aromatic ring is 1. The van der Waals surface area contributed by atoms with E-state index in [1.807, 2.05) is 0 Å². The smallest absolute Gasteiger partial charge is 0.338 e. The number of pyridine rings is 1. The topological polar surface area (TPSA) is 88.7 Å². The van der Waals surface area contributed by atoms with Crippen molar-refractivity contribution in [1.29, 1.82) is 0 Å². The Hall–Kier alpha value is -1.82. The molecule has 0 bridgehead atoms. The van der Waals surface area contributed by atoms with Crippen LogP contribution in [0.15, 0.2) is 12.3 Å². The van der Waals surface area contributed by atoms with E-state index in [1.54, 1.807) is 0 Å². The van der Waals surface area contributed by atoms with Gasteiger partial charge in [-0.05, 0) is 19.9 Å². The average Bonchev–Trinajstić information content (AvgIpc) is 3.14. The number of carboxylic acid groups (broad SMARTS) is 1. The highest BCUT2D eigenvalue weighted by Gasteiger charge is 2.25. The predicted octanol–water partition coefficient (Wildman–Crippen LogP) is 0.835. The summed E-state index contributed by atoms with van der Waals surface area (Å²) in [5.74, 6) is -0.777. The largest absolute Gasteiger partial charge is 0.478 e. The summed E-state index contributed by atoms with van der Waals surface area (Å²) in [4.78, 5) is 17.1. The van der Waals surface area contributed by atoms with Gasteiger partial charge in [0, 0.05) is 18.7 Å². The van der Waals surface area contributed by atoms with Crippen molar-refractivity contribution in [2.75, 3.05) is 25.9 Å². The van der Waals surface area contributed by atoms with Crippen LogP contribution in [0.5, 0.6) is 5.88 Å². The number of likely N-dealkylation sites (N-methyl/N-ethyl adjacent to an activating group) is 1. The first kappa shape index (κ1) is 12.6. The monoisotopic (exact) mass is 251 g/mol. The fraction of sp³-hybridized carbons (Fsp3) is 0.500. The molecule has 98 valence electrons. The molecule has 1 aromatic rings. The van der Waals surface area contributed by atoms with Gasteiger partial charge in [0.1, 0.15) is 6.61 Å². The maximum atomic E-state index is 10.9. The first-order chi connectivity index (χ1) is 8.58. The molecule has 1 fully saturated rings. The second-order valence-electron chi connectivity index (χ2n) is 4.48. The molecule has 1 aromatic heterocycles. The Bertz CT molecular complexity index is 446. The van der Waals surface area contributed by atoms with Gasteiger partial charge in [0.05, 0.1) is 17.4 Å². The van der Waals surface area contributed by atoms with Crippen LogP contribution in [0.1, 0.15) is 23.2 Å². The summed E-state index contributed by atoms with van der Waals surface area (Å²) in [6.45, 7) is 1.29. The van der Waals surface area contributed by atoms with Crippen LogP contribution < -0.4 is 10.5 Å². The predicted molar refractivity (Wildman–Crippen MR) is 66.8 cm³/mol. The second-order valence-corrected chi connectivity index (χ2v) is 4.48. The van der Waals surface area contributed by atoms with Gasteiger partial charge in [-0.1, -0.05) is 0 Å². The van der Waals surface area contributed by atoms with Crippen molar-refractivity contribution in [3.8, 4) is 5.88 Å². The van der Waals surface area contributed by atoms with Gasteiger partial charge in [-0.2, -0.15) is 0 Å². The molecule has 2 rings (SSSR count). The molecule has 0 amide bonds. The second kappa shape index (κ2) is 5.22. The van der Waals surface area contributed by atoms with E-state index in [9.17, 15) is 4.79 Å². The van der Waals surface area contributed by atoms with E-state index in [1.165, 1.54) is 25.1 Å². The van der Waals surface area contributed by atoms with Gasteiger partial charge in [-0.25, -0.2) is 9.78 Å². The highest BCUT2D eigenvalue weighted by Crippen LogP contribution is 2.24. The standard InChI is InChI=1S/C12H17N3O3/c1-15(8-2-3-8)4-5-18-11-6-9(12(16)17)10(13)7-14-11/h6-8H,2-5,13H2,1H3,(H,16,17). The van der Waals surface area contributed by atoms with Gasteiger partial charge < -0.3 is 20.5 Å². The number of aromatic nitrogens is 1. The zero-order valence-electron chi connectivity index (χ0n) is 10.3.